The van der Waals surface area contributed by atoms with Crippen LogP contribution in [-0.2, 0) is 0 Å². The molecule has 0 unspecified atom stereocenters. The second-order valence-electron chi connectivity index (χ2n) is 3.19. The SMILES string of the molecule is Cc1c(C)c(C#N)c2nsnc2c1C#N. The van der Waals surface area contributed by atoms with Crippen LogP contribution in [-0.4, -0.2) is 8.75 Å². The molecule has 0 amide bonds. The standard InChI is InChI=1S/C10H6N4S/c1-5-6(2)8(4-12)10-9(7(5)3-11)13-15-14-10/h1-2H3. The average molecular weight is 214 g/mol. The molecule has 0 saturated heterocycles. The van der Waals surface area contributed by atoms with Crippen LogP contribution in [0.4, 0.5) is 0 Å². The normalized spacial score (nSPS) is 9.87. The summed E-state index contributed by atoms with van der Waals surface area (Å²) in [4.78, 5) is 0. The van der Waals surface area contributed by atoms with E-state index in [-0.39, 0.29) is 0 Å². The van der Waals surface area contributed by atoms with Crippen molar-refractivity contribution in [3.05, 3.63) is 22.3 Å². The Labute approximate surface area is 90.7 Å². The van der Waals surface area contributed by atoms with Gasteiger partial charge in [0.1, 0.15) is 23.2 Å². The molecular formula is C10H6N4S. The predicted octanol–water partition coefficient (Wildman–Crippen LogP) is 2.05. The Morgan fingerprint density at radius 3 is 1.67 bits per heavy atom. The summed E-state index contributed by atoms with van der Waals surface area (Å²) in [5.74, 6) is 0. The molecule has 1 heterocycles. The Kier molecular flexibility index (Phi) is 2.11. The second-order valence-corrected chi connectivity index (χ2v) is 3.71. The maximum absolute atomic E-state index is 9.03. The highest BCUT2D eigenvalue weighted by Crippen LogP contribution is 2.27. The fourth-order valence-corrected chi connectivity index (χ4v) is 2.08. The molecule has 5 heteroatoms. The zero-order valence-corrected chi connectivity index (χ0v) is 9.01. The lowest BCUT2D eigenvalue weighted by Crippen LogP contribution is -1.94. The number of hydrogen-bond acceptors (Lipinski definition) is 5. The van der Waals surface area contributed by atoms with Crippen LogP contribution >= 0.6 is 11.7 Å². The van der Waals surface area contributed by atoms with E-state index in [1.165, 1.54) is 0 Å². The highest BCUT2D eigenvalue weighted by molar-refractivity contribution is 7.00. The van der Waals surface area contributed by atoms with Crippen molar-refractivity contribution in [2.45, 2.75) is 13.8 Å². The van der Waals surface area contributed by atoms with Gasteiger partial charge in [-0.3, -0.25) is 0 Å². The molecule has 4 nitrogen and oxygen atoms in total. The molecule has 0 bridgehead atoms. The minimum absolute atomic E-state index is 0.523. The van der Waals surface area contributed by atoms with Gasteiger partial charge in [-0.2, -0.15) is 19.3 Å². The number of nitriles is 2. The molecule has 0 atom stereocenters. The first-order valence-electron chi connectivity index (χ1n) is 4.26. The van der Waals surface area contributed by atoms with Crippen molar-refractivity contribution in [1.82, 2.24) is 8.75 Å². The number of fused-ring (bicyclic) bond motifs is 1. The average Bonchev–Trinajstić information content (AvgIpc) is 2.69. The number of aromatic nitrogens is 2. The first-order valence-corrected chi connectivity index (χ1v) is 4.99. The van der Waals surface area contributed by atoms with Crippen LogP contribution in [0.5, 0.6) is 0 Å². The molecule has 0 aliphatic heterocycles. The van der Waals surface area contributed by atoms with Crippen molar-refractivity contribution in [1.29, 1.82) is 10.5 Å². The molecule has 0 spiro atoms. The topological polar surface area (TPSA) is 73.4 Å². The van der Waals surface area contributed by atoms with Crippen LogP contribution in [0.3, 0.4) is 0 Å². The third-order valence-corrected chi connectivity index (χ3v) is 3.03. The van der Waals surface area contributed by atoms with E-state index >= 15 is 0 Å². The van der Waals surface area contributed by atoms with Crippen LogP contribution in [0, 0.1) is 36.5 Å². The summed E-state index contributed by atoms with van der Waals surface area (Å²) in [7, 11) is 0. The molecule has 0 N–H and O–H groups in total. The summed E-state index contributed by atoms with van der Waals surface area (Å²) in [5.41, 5.74) is 3.76. The summed E-state index contributed by atoms with van der Waals surface area (Å²) in [5, 5.41) is 18.1. The fourth-order valence-electron chi connectivity index (χ4n) is 1.52. The molecule has 15 heavy (non-hydrogen) atoms. The quantitative estimate of drug-likeness (QED) is 0.672. The predicted molar refractivity (Wildman–Crippen MR) is 56.3 cm³/mol. The summed E-state index contributed by atoms with van der Waals surface area (Å²) in [6, 6.07) is 4.22. The zero-order chi connectivity index (χ0) is 11.0. The molecule has 0 aliphatic carbocycles. The fraction of sp³-hybridized carbons (Fsp3) is 0.200. The molecule has 0 radical (unpaired) electrons. The first-order chi connectivity index (χ1) is 7.20. The first kappa shape index (κ1) is 9.57. The van der Waals surface area contributed by atoms with E-state index in [0.29, 0.717) is 22.2 Å². The molecule has 0 fully saturated rings. The third kappa shape index (κ3) is 1.18. The van der Waals surface area contributed by atoms with Gasteiger partial charge in [0, 0.05) is 0 Å². The van der Waals surface area contributed by atoms with Gasteiger partial charge in [0.05, 0.1) is 22.9 Å². The van der Waals surface area contributed by atoms with Crippen molar-refractivity contribution < 1.29 is 0 Å². The molecule has 2 aromatic rings. The third-order valence-electron chi connectivity index (χ3n) is 2.50. The number of rotatable bonds is 0. The van der Waals surface area contributed by atoms with Gasteiger partial charge in [0.15, 0.2) is 0 Å². The lowest BCUT2D eigenvalue weighted by Gasteiger charge is -2.04. The minimum Gasteiger partial charge on any atom is -0.192 e. The monoisotopic (exact) mass is 214 g/mol. The van der Waals surface area contributed by atoms with E-state index in [9.17, 15) is 0 Å². The molecule has 0 saturated carbocycles. The molecule has 2 rings (SSSR count). The van der Waals surface area contributed by atoms with Crippen LogP contribution in [0.15, 0.2) is 0 Å². The van der Waals surface area contributed by atoms with Gasteiger partial charge in [0.2, 0.25) is 0 Å². The van der Waals surface area contributed by atoms with E-state index in [4.69, 9.17) is 10.5 Å². The Morgan fingerprint density at radius 2 is 1.33 bits per heavy atom. The zero-order valence-electron chi connectivity index (χ0n) is 8.20. The van der Waals surface area contributed by atoms with Crippen LogP contribution < -0.4 is 0 Å². The van der Waals surface area contributed by atoms with Crippen molar-refractivity contribution in [2.24, 2.45) is 0 Å². The van der Waals surface area contributed by atoms with E-state index < -0.39 is 0 Å². The summed E-state index contributed by atoms with van der Waals surface area (Å²) in [6.07, 6.45) is 0. The van der Waals surface area contributed by atoms with Gasteiger partial charge in [-0.25, -0.2) is 0 Å². The Hall–Kier alpha value is -1.98. The lowest BCUT2D eigenvalue weighted by molar-refractivity contribution is 1.29. The largest absolute Gasteiger partial charge is 0.192 e. The van der Waals surface area contributed by atoms with E-state index in [1.54, 1.807) is 0 Å². The van der Waals surface area contributed by atoms with E-state index in [2.05, 4.69) is 20.9 Å². The maximum Gasteiger partial charge on any atom is 0.124 e. The molecule has 72 valence electrons. The molecular weight excluding hydrogens is 208 g/mol. The summed E-state index contributed by atoms with van der Waals surface area (Å²) in [6.45, 7) is 3.65. The van der Waals surface area contributed by atoms with Crippen LogP contribution in [0.1, 0.15) is 22.3 Å². The number of nitrogens with zero attached hydrogens (tertiary/aromatic N) is 4. The van der Waals surface area contributed by atoms with Gasteiger partial charge in [0.25, 0.3) is 0 Å². The number of benzene rings is 1. The molecule has 1 aromatic heterocycles. The molecule has 1 aromatic carbocycles. The lowest BCUT2D eigenvalue weighted by atomic mass is 9.97. The van der Waals surface area contributed by atoms with Crippen molar-refractivity contribution >= 4 is 22.8 Å². The van der Waals surface area contributed by atoms with Crippen molar-refractivity contribution in [3.63, 3.8) is 0 Å². The highest BCUT2D eigenvalue weighted by atomic mass is 32.1. The highest BCUT2D eigenvalue weighted by Gasteiger charge is 2.16. The second kappa shape index (κ2) is 3.30. The van der Waals surface area contributed by atoms with Crippen molar-refractivity contribution in [3.8, 4) is 12.1 Å². The van der Waals surface area contributed by atoms with Gasteiger partial charge in [-0.05, 0) is 25.0 Å². The Balaban J connectivity index is 3.08. The minimum atomic E-state index is 0.523. The van der Waals surface area contributed by atoms with Crippen LogP contribution in [0.25, 0.3) is 11.0 Å². The van der Waals surface area contributed by atoms with Gasteiger partial charge in [-0.1, -0.05) is 0 Å². The summed E-state index contributed by atoms with van der Waals surface area (Å²) < 4.78 is 8.11. The number of hydrogen-bond donors (Lipinski definition) is 0. The van der Waals surface area contributed by atoms with Gasteiger partial charge in [-0.15, -0.1) is 0 Å². The van der Waals surface area contributed by atoms with Crippen LogP contribution in [0.2, 0.25) is 0 Å². The Bertz CT molecular complexity index is 573. The van der Waals surface area contributed by atoms with Gasteiger partial charge >= 0.3 is 0 Å². The van der Waals surface area contributed by atoms with E-state index in [0.717, 1.165) is 22.9 Å². The smallest absolute Gasteiger partial charge is 0.124 e. The van der Waals surface area contributed by atoms with E-state index in [1.807, 2.05) is 13.8 Å². The molecule has 0 aliphatic rings. The van der Waals surface area contributed by atoms with Crippen molar-refractivity contribution in [2.75, 3.05) is 0 Å². The Morgan fingerprint density at radius 1 is 0.933 bits per heavy atom. The summed E-state index contributed by atoms with van der Waals surface area (Å²) >= 11 is 1.03. The van der Waals surface area contributed by atoms with Gasteiger partial charge < -0.3 is 0 Å². The maximum atomic E-state index is 9.03.